The molecule has 1 N–H and O–H groups in total. The van der Waals surface area contributed by atoms with Crippen molar-refractivity contribution in [3.8, 4) is 0 Å². The lowest BCUT2D eigenvalue weighted by molar-refractivity contribution is 0.145. The second kappa shape index (κ2) is 6.04. The Balaban J connectivity index is 1.56. The molecule has 2 fully saturated rings. The second-order valence-electron chi connectivity index (χ2n) is 5.60. The number of likely N-dealkylation sites (tertiary alicyclic amines) is 1. The molecule has 100 valence electrons. The van der Waals surface area contributed by atoms with Crippen molar-refractivity contribution in [1.82, 2.24) is 10.2 Å². The van der Waals surface area contributed by atoms with Crippen LogP contribution in [0, 0.1) is 5.92 Å². The first-order valence-corrected chi connectivity index (χ1v) is 8.67. The van der Waals surface area contributed by atoms with E-state index in [1.54, 1.807) is 11.3 Å². The van der Waals surface area contributed by atoms with Gasteiger partial charge >= 0.3 is 0 Å². The van der Waals surface area contributed by atoms with E-state index in [1.165, 1.54) is 54.7 Å². The van der Waals surface area contributed by atoms with Crippen molar-refractivity contribution in [2.45, 2.75) is 38.3 Å². The molecule has 0 saturated carbocycles. The molecule has 1 aromatic rings. The zero-order valence-electron chi connectivity index (χ0n) is 10.7. The predicted molar refractivity (Wildman–Crippen MR) is 81.0 cm³/mol. The highest BCUT2D eigenvalue weighted by Gasteiger charge is 2.28. The van der Waals surface area contributed by atoms with Gasteiger partial charge in [-0.05, 0) is 77.6 Å². The number of hydrogen-bond donors (Lipinski definition) is 1. The number of piperidine rings is 1. The Morgan fingerprint density at radius 1 is 1.39 bits per heavy atom. The first-order chi connectivity index (χ1) is 8.81. The van der Waals surface area contributed by atoms with Crippen LogP contribution in [-0.4, -0.2) is 30.6 Å². The lowest BCUT2D eigenvalue weighted by Crippen LogP contribution is -2.43. The third kappa shape index (κ3) is 3.16. The number of rotatable bonds is 3. The number of nitrogens with zero attached hydrogens (tertiary/aromatic N) is 1. The summed E-state index contributed by atoms with van der Waals surface area (Å²) in [5, 5.41) is 5.96. The van der Waals surface area contributed by atoms with E-state index in [4.69, 9.17) is 0 Å². The van der Waals surface area contributed by atoms with Crippen LogP contribution in [0.3, 0.4) is 0 Å². The maximum Gasteiger partial charge on any atom is 0.0701 e. The van der Waals surface area contributed by atoms with Crippen LogP contribution in [0.1, 0.15) is 31.2 Å². The minimum Gasteiger partial charge on any atom is -0.314 e. The fourth-order valence-corrected chi connectivity index (χ4v) is 4.56. The molecular formula is C14H21BrN2S. The second-order valence-corrected chi connectivity index (χ2v) is 7.89. The van der Waals surface area contributed by atoms with Gasteiger partial charge in [-0.25, -0.2) is 0 Å². The van der Waals surface area contributed by atoms with Crippen molar-refractivity contribution < 1.29 is 0 Å². The van der Waals surface area contributed by atoms with Crippen LogP contribution in [0.15, 0.2) is 15.2 Å². The standard InChI is InChI=1S/C14H21BrN2S/c15-14-7-11(10-18-14)8-17-6-2-3-12(9-17)13-4-1-5-16-13/h7,10,12-13,16H,1-6,8-9H2. The molecule has 2 nitrogen and oxygen atoms in total. The average Bonchev–Trinajstić information content (AvgIpc) is 3.01. The molecule has 0 aliphatic carbocycles. The highest BCUT2D eigenvalue weighted by Crippen LogP contribution is 2.27. The van der Waals surface area contributed by atoms with E-state index in [2.05, 4.69) is 37.6 Å². The van der Waals surface area contributed by atoms with Gasteiger partial charge in [-0.1, -0.05) is 0 Å². The van der Waals surface area contributed by atoms with Gasteiger partial charge in [-0.2, -0.15) is 0 Å². The Hall–Kier alpha value is 0.1000. The van der Waals surface area contributed by atoms with E-state index in [0.717, 1.165) is 18.5 Å². The van der Waals surface area contributed by atoms with Gasteiger partial charge in [0.15, 0.2) is 0 Å². The molecule has 0 amide bonds. The maximum atomic E-state index is 3.68. The largest absolute Gasteiger partial charge is 0.314 e. The van der Waals surface area contributed by atoms with Crippen LogP contribution in [0.25, 0.3) is 0 Å². The monoisotopic (exact) mass is 328 g/mol. The molecule has 3 rings (SSSR count). The SMILES string of the molecule is Brc1cc(CN2CCCC(C3CCCN3)C2)cs1. The van der Waals surface area contributed by atoms with Crippen LogP contribution in [0.5, 0.6) is 0 Å². The summed E-state index contributed by atoms with van der Waals surface area (Å²) in [4.78, 5) is 2.64. The predicted octanol–water partition coefficient (Wildman–Crippen LogP) is 3.47. The van der Waals surface area contributed by atoms with Gasteiger partial charge in [0.2, 0.25) is 0 Å². The van der Waals surface area contributed by atoms with Crippen LogP contribution >= 0.6 is 27.3 Å². The quantitative estimate of drug-likeness (QED) is 0.913. The molecule has 2 saturated heterocycles. The first kappa shape index (κ1) is 13.1. The lowest BCUT2D eigenvalue weighted by Gasteiger charge is -2.35. The summed E-state index contributed by atoms with van der Waals surface area (Å²) in [6, 6.07) is 3.06. The Kier molecular flexibility index (Phi) is 4.39. The van der Waals surface area contributed by atoms with E-state index >= 15 is 0 Å². The van der Waals surface area contributed by atoms with Crippen molar-refractivity contribution in [2.75, 3.05) is 19.6 Å². The maximum absolute atomic E-state index is 3.68. The number of hydrogen-bond acceptors (Lipinski definition) is 3. The van der Waals surface area contributed by atoms with Crippen LogP contribution in [-0.2, 0) is 6.54 Å². The zero-order valence-corrected chi connectivity index (χ0v) is 13.1. The molecule has 2 aliphatic rings. The zero-order chi connectivity index (χ0) is 12.4. The number of halogens is 1. The average molecular weight is 329 g/mol. The van der Waals surface area contributed by atoms with Crippen LogP contribution in [0.4, 0.5) is 0 Å². The third-order valence-corrected chi connectivity index (χ3v) is 5.79. The molecule has 2 aliphatic heterocycles. The van der Waals surface area contributed by atoms with E-state index in [9.17, 15) is 0 Å². The molecule has 0 bridgehead atoms. The molecule has 2 atom stereocenters. The van der Waals surface area contributed by atoms with Gasteiger partial charge < -0.3 is 5.32 Å². The highest BCUT2D eigenvalue weighted by molar-refractivity contribution is 9.11. The molecular weight excluding hydrogens is 308 g/mol. The normalized spacial score (nSPS) is 29.8. The summed E-state index contributed by atoms with van der Waals surface area (Å²) in [7, 11) is 0. The molecule has 0 radical (unpaired) electrons. The Labute approximate surface area is 122 Å². The summed E-state index contributed by atoms with van der Waals surface area (Å²) >= 11 is 5.35. The van der Waals surface area contributed by atoms with Crippen molar-refractivity contribution in [3.63, 3.8) is 0 Å². The fourth-order valence-electron chi connectivity index (χ4n) is 3.36. The fraction of sp³-hybridized carbons (Fsp3) is 0.714. The van der Waals surface area contributed by atoms with Crippen LogP contribution < -0.4 is 5.32 Å². The van der Waals surface area contributed by atoms with E-state index in [-0.39, 0.29) is 0 Å². The number of nitrogens with one attached hydrogen (secondary N) is 1. The van der Waals surface area contributed by atoms with Crippen LogP contribution in [0.2, 0.25) is 0 Å². The third-order valence-electron chi connectivity index (χ3n) is 4.24. The Morgan fingerprint density at radius 2 is 2.33 bits per heavy atom. The van der Waals surface area contributed by atoms with E-state index in [1.807, 2.05) is 0 Å². The number of thiophene rings is 1. The molecule has 1 aromatic heterocycles. The molecule has 0 aromatic carbocycles. The Bertz CT molecular complexity index is 387. The summed E-state index contributed by atoms with van der Waals surface area (Å²) in [5.41, 5.74) is 1.46. The highest BCUT2D eigenvalue weighted by atomic mass is 79.9. The topological polar surface area (TPSA) is 15.3 Å². The Morgan fingerprint density at radius 3 is 3.06 bits per heavy atom. The molecule has 4 heteroatoms. The first-order valence-electron chi connectivity index (χ1n) is 7.00. The van der Waals surface area contributed by atoms with Gasteiger partial charge in [-0.15, -0.1) is 11.3 Å². The molecule has 0 spiro atoms. The lowest BCUT2D eigenvalue weighted by atomic mass is 9.89. The summed E-state index contributed by atoms with van der Waals surface area (Å²) in [6.45, 7) is 4.92. The van der Waals surface area contributed by atoms with Crippen molar-refractivity contribution >= 4 is 27.3 Å². The van der Waals surface area contributed by atoms with Gasteiger partial charge in [0.1, 0.15) is 0 Å². The van der Waals surface area contributed by atoms with Gasteiger partial charge in [-0.3, -0.25) is 4.90 Å². The van der Waals surface area contributed by atoms with Crippen molar-refractivity contribution in [3.05, 3.63) is 20.8 Å². The van der Waals surface area contributed by atoms with Gasteiger partial charge in [0.05, 0.1) is 3.79 Å². The summed E-state index contributed by atoms with van der Waals surface area (Å²) in [6.07, 6.45) is 5.55. The summed E-state index contributed by atoms with van der Waals surface area (Å²) in [5.74, 6) is 0.878. The molecule has 2 unspecified atom stereocenters. The molecule has 3 heterocycles. The van der Waals surface area contributed by atoms with Gasteiger partial charge in [0.25, 0.3) is 0 Å². The van der Waals surface area contributed by atoms with E-state index in [0.29, 0.717) is 0 Å². The van der Waals surface area contributed by atoms with E-state index < -0.39 is 0 Å². The molecule has 18 heavy (non-hydrogen) atoms. The van der Waals surface area contributed by atoms with Crippen molar-refractivity contribution in [1.29, 1.82) is 0 Å². The minimum absolute atomic E-state index is 0.794. The summed E-state index contributed by atoms with van der Waals surface area (Å²) < 4.78 is 1.25. The van der Waals surface area contributed by atoms with Gasteiger partial charge in [0, 0.05) is 19.1 Å². The van der Waals surface area contributed by atoms with Crippen molar-refractivity contribution in [2.24, 2.45) is 5.92 Å². The smallest absolute Gasteiger partial charge is 0.0701 e. The minimum atomic E-state index is 0.794.